The molecular formula is C14H20ClN3O2. The minimum absolute atomic E-state index is 0.0000145. The van der Waals surface area contributed by atoms with Crippen LogP contribution in [0.2, 0.25) is 5.02 Å². The van der Waals surface area contributed by atoms with Crippen LogP contribution in [0.15, 0.2) is 12.1 Å². The van der Waals surface area contributed by atoms with Gasteiger partial charge in [-0.25, -0.2) is 0 Å². The maximum Gasteiger partial charge on any atom is 0.228 e. The van der Waals surface area contributed by atoms with Crippen LogP contribution in [0, 0.1) is 0 Å². The molecule has 5 nitrogen and oxygen atoms in total. The van der Waals surface area contributed by atoms with Crippen molar-refractivity contribution in [3.05, 3.63) is 22.7 Å². The molecule has 2 N–H and O–H groups in total. The number of nitrogens with zero attached hydrogens (tertiary/aromatic N) is 1. The Morgan fingerprint density at radius 1 is 1.45 bits per heavy atom. The van der Waals surface area contributed by atoms with Gasteiger partial charge in [0, 0.05) is 25.3 Å². The minimum Gasteiger partial charge on any atom is -0.491 e. The van der Waals surface area contributed by atoms with Gasteiger partial charge in [-0.15, -0.1) is 0 Å². The Labute approximate surface area is 124 Å². The fourth-order valence-corrected chi connectivity index (χ4v) is 2.28. The molecule has 0 aromatic heterocycles. The number of halogens is 1. The van der Waals surface area contributed by atoms with Crippen LogP contribution >= 0.6 is 11.6 Å². The second-order valence-electron chi connectivity index (χ2n) is 4.92. The zero-order valence-electron chi connectivity index (χ0n) is 11.8. The number of carbonyl (C=O) groups is 1. The lowest BCUT2D eigenvalue weighted by Crippen LogP contribution is -2.30. The van der Waals surface area contributed by atoms with Gasteiger partial charge in [-0.05, 0) is 31.8 Å². The number of hydrogen-bond donors (Lipinski definition) is 2. The van der Waals surface area contributed by atoms with Crippen molar-refractivity contribution in [2.45, 2.75) is 6.42 Å². The lowest BCUT2D eigenvalue weighted by molar-refractivity contribution is -0.115. The number of likely N-dealkylation sites (N-methyl/N-ethyl adjacent to an activating group) is 2. The van der Waals surface area contributed by atoms with Crippen LogP contribution in [0.5, 0.6) is 5.75 Å². The fraction of sp³-hybridized carbons (Fsp3) is 0.500. The SMILES string of the molecule is CNCCN(C)CCOc1cc2c(cc1Cl)NC(=O)C2. The molecule has 6 heteroatoms. The zero-order valence-corrected chi connectivity index (χ0v) is 12.6. The lowest BCUT2D eigenvalue weighted by Gasteiger charge is -2.17. The molecule has 1 amide bonds. The highest BCUT2D eigenvalue weighted by Gasteiger charge is 2.20. The summed E-state index contributed by atoms with van der Waals surface area (Å²) in [6.07, 6.45) is 0.394. The molecule has 110 valence electrons. The van der Waals surface area contributed by atoms with Crippen LogP contribution in [0.4, 0.5) is 5.69 Å². The van der Waals surface area contributed by atoms with Gasteiger partial charge >= 0.3 is 0 Å². The molecule has 0 spiro atoms. The molecule has 20 heavy (non-hydrogen) atoms. The van der Waals surface area contributed by atoms with Crippen molar-refractivity contribution >= 4 is 23.2 Å². The van der Waals surface area contributed by atoms with Gasteiger partial charge < -0.3 is 20.3 Å². The van der Waals surface area contributed by atoms with E-state index in [1.807, 2.05) is 20.2 Å². The molecule has 1 aromatic rings. The molecule has 0 bridgehead atoms. The Morgan fingerprint density at radius 2 is 2.25 bits per heavy atom. The third kappa shape index (κ3) is 3.85. The van der Waals surface area contributed by atoms with E-state index < -0.39 is 0 Å². The van der Waals surface area contributed by atoms with E-state index in [0.717, 1.165) is 30.9 Å². The number of ether oxygens (including phenoxy) is 1. The van der Waals surface area contributed by atoms with E-state index in [-0.39, 0.29) is 5.91 Å². The van der Waals surface area contributed by atoms with E-state index >= 15 is 0 Å². The first-order valence-corrected chi connectivity index (χ1v) is 7.06. The van der Waals surface area contributed by atoms with E-state index in [2.05, 4.69) is 15.5 Å². The van der Waals surface area contributed by atoms with E-state index in [0.29, 0.717) is 23.8 Å². The van der Waals surface area contributed by atoms with Crippen molar-refractivity contribution in [2.24, 2.45) is 0 Å². The maximum atomic E-state index is 11.3. The van der Waals surface area contributed by atoms with E-state index in [1.54, 1.807) is 6.07 Å². The summed E-state index contributed by atoms with van der Waals surface area (Å²) in [6.45, 7) is 3.31. The van der Waals surface area contributed by atoms with E-state index in [1.165, 1.54) is 0 Å². The van der Waals surface area contributed by atoms with E-state index in [9.17, 15) is 4.79 Å². The van der Waals surface area contributed by atoms with Crippen molar-refractivity contribution in [1.82, 2.24) is 10.2 Å². The normalized spacial score (nSPS) is 13.5. The predicted molar refractivity (Wildman–Crippen MR) is 80.7 cm³/mol. The predicted octanol–water partition coefficient (Wildman–Crippen LogP) is 1.36. The highest BCUT2D eigenvalue weighted by molar-refractivity contribution is 6.32. The molecule has 2 rings (SSSR count). The molecule has 0 saturated heterocycles. The molecule has 0 unspecified atom stereocenters. The topological polar surface area (TPSA) is 53.6 Å². The first-order valence-electron chi connectivity index (χ1n) is 6.68. The van der Waals surface area contributed by atoms with Gasteiger partial charge in [0.2, 0.25) is 5.91 Å². The van der Waals surface area contributed by atoms with Crippen molar-refractivity contribution < 1.29 is 9.53 Å². The van der Waals surface area contributed by atoms with Gasteiger partial charge in [-0.3, -0.25) is 4.79 Å². The van der Waals surface area contributed by atoms with Gasteiger partial charge in [0.15, 0.2) is 0 Å². The highest BCUT2D eigenvalue weighted by Crippen LogP contribution is 2.34. The summed E-state index contributed by atoms with van der Waals surface area (Å²) in [7, 11) is 3.98. The first kappa shape index (κ1) is 15.1. The average molecular weight is 298 g/mol. The van der Waals surface area contributed by atoms with Crippen molar-refractivity contribution in [3.63, 3.8) is 0 Å². The Bertz CT molecular complexity index is 494. The smallest absolute Gasteiger partial charge is 0.228 e. The molecule has 0 saturated carbocycles. The van der Waals surface area contributed by atoms with Crippen LogP contribution in [0.25, 0.3) is 0 Å². The molecule has 0 fully saturated rings. The summed E-state index contributed by atoms with van der Waals surface area (Å²) in [6, 6.07) is 3.60. The Kier molecular flexibility index (Phi) is 5.23. The first-order chi connectivity index (χ1) is 9.60. The lowest BCUT2D eigenvalue weighted by atomic mass is 10.1. The van der Waals surface area contributed by atoms with Crippen LogP contribution in [0.3, 0.4) is 0 Å². The van der Waals surface area contributed by atoms with Gasteiger partial charge in [0.25, 0.3) is 0 Å². The van der Waals surface area contributed by atoms with Crippen LogP contribution in [0.1, 0.15) is 5.56 Å². The summed E-state index contributed by atoms with van der Waals surface area (Å²) in [5.74, 6) is 0.643. The van der Waals surface area contributed by atoms with Gasteiger partial charge in [-0.1, -0.05) is 11.6 Å². The zero-order chi connectivity index (χ0) is 14.5. The van der Waals surface area contributed by atoms with Crippen LogP contribution < -0.4 is 15.4 Å². The van der Waals surface area contributed by atoms with Crippen molar-refractivity contribution in [1.29, 1.82) is 0 Å². The molecule has 1 heterocycles. The number of benzene rings is 1. The summed E-state index contributed by atoms with van der Waals surface area (Å²) in [4.78, 5) is 13.5. The standard InChI is InChI=1S/C14H20ClN3O2/c1-16-3-4-18(2)5-6-20-13-7-10-8-14(19)17-12(10)9-11(13)15/h7,9,16H,3-6,8H2,1-2H3,(H,17,19). The van der Waals surface area contributed by atoms with Gasteiger partial charge in [-0.2, -0.15) is 0 Å². The van der Waals surface area contributed by atoms with Crippen LogP contribution in [-0.2, 0) is 11.2 Å². The van der Waals surface area contributed by atoms with Crippen molar-refractivity contribution in [2.75, 3.05) is 45.7 Å². The third-order valence-corrected chi connectivity index (χ3v) is 3.55. The van der Waals surface area contributed by atoms with Crippen molar-refractivity contribution in [3.8, 4) is 5.75 Å². The quantitative estimate of drug-likeness (QED) is 0.798. The molecule has 1 aliphatic heterocycles. The Balaban J connectivity index is 1.88. The molecule has 1 aromatic carbocycles. The summed E-state index contributed by atoms with van der Waals surface area (Å²) in [5, 5.41) is 6.41. The summed E-state index contributed by atoms with van der Waals surface area (Å²) in [5.41, 5.74) is 1.73. The van der Waals surface area contributed by atoms with Gasteiger partial charge in [0.05, 0.1) is 11.4 Å². The Morgan fingerprint density at radius 3 is 3.00 bits per heavy atom. The molecule has 0 aliphatic carbocycles. The Hall–Kier alpha value is -1.30. The number of hydrogen-bond acceptors (Lipinski definition) is 4. The van der Waals surface area contributed by atoms with Crippen LogP contribution in [-0.4, -0.2) is 51.1 Å². The van der Waals surface area contributed by atoms with E-state index in [4.69, 9.17) is 16.3 Å². The van der Waals surface area contributed by atoms with Gasteiger partial charge in [0.1, 0.15) is 12.4 Å². The number of anilines is 1. The largest absolute Gasteiger partial charge is 0.491 e. The molecular weight excluding hydrogens is 278 g/mol. The number of carbonyl (C=O) groups excluding carboxylic acids is 1. The average Bonchev–Trinajstić information content (AvgIpc) is 2.75. The monoisotopic (exact) mass is 297 g/mol. The fourth-order valence-electron chi connectivity index (χ4n) is 2.06. The highest BCUT2D eigenvalue weighted by atomic mass is 35.5. The molecule has 1 aliphatic rings. The second-order valence-corrected chi connectivity index (χ2v) is 5.33. The summed E-state index contributed by atoms with van der Waals surface area (Å²) < 4.78 is 5.71. The number of amides is 1. The molecule has 0 radical (unpaired) electrons. The number of rotatable bonds is 7. The minimum atomic E-state index is 0.0000145. The maximum absolute atomic E-state index is 11.3. The summed E-state index contributed by atoms with van der Waals surface area (Å²) >= 11 is 6.15. The molecule has 0 atom stereocenters. The number of fused-ring (bicyclic) bond motifs is 1. The number of nitrogens with one attached hydrogen (secondary N) is 2. The third-order valence-electron chi connectivity index (χ3n) is 3.26. The second kappa shape index (κ2) is 6.92.